The van der Waals surface area contributed by atoms with Gasteiger partial charge in [0.25, 0.3) is 0 Å². The van der Waals surface area contributed by atoms with Gasteiger partial charge in [-0.15, -0.1) is 5.10 Å². The zero-order valence-electron chi connectivity index (χ0n) is 23.8. The van der Waals surface area contributed by atoms with Crippen LogP contribution in [-0.4, -0.2) is 103 Å². The van der Waals surface area contributed by atoms with Crippen LogP contribution in [0.15, 0.2) is 29.6 Å². The average molecular weight is 627 g/mol. The molecule has 2 saturated heterocycles. The SMILES string of the molecule is CC(C)(C)OC(=O)N1CCC(C2=NOC(C[C@H]3O[C@H](CO)[C@H](O)[C@H](n4cc(-c5cc(Cl)ccc5Cl)nn4)[C@H]3O)C2)CC1. The molecule has 14 heteroatoms. The standard InChI is InChI=1S/C28H37Cl2N5O7/c1-28(2,3)41-27(39)34-8-6-15(7-9-34)20-11-17(42-32-20)12-22-25(37)24(26(38)23(14-36)40-22)35-13-21(31-33-35)18-10-16(29)4-5-19(18)30/h4-5,10,13,15,17,22-26,36-38H,6-9,11-12,14H2,1-3H3/t17?,22-,23-,24-,25+,26+/m1/s1. The van der Waals surface area contributed by atoms with E-state index in [4.69, 9.17) is 37.5 Å². The summed E-state index contributed by atoms with van der Waals surface area (Å²) in [5.41, 5.74) is 1.35. The number of hydrogen-bond donors (Lipinski definition) is 3. The predicted octanol–water partition coefficient (Wildman–Crippen LogP) is 3.46. The lowest BCUT2D eigenvalue weighted by Gasteiger charge is -2.42. The molecule has 1 unspecified atom stereocenters. The van der Waals surface area contributed by atoms with E-state index in [9.17, 15) is 20.1 Å². The van der Waals surface area contributed by atoms with Crippen LogP contribution in [0.3, 0.4) is 0 Å². The van der Waals surface area contributed by atoms with Gasteiger partial charge in [0.1, 0.15) is 41.8 Å². The summed E-state index contributed by atoms with van der Waals surface area (Å²) >= 11 is 12.4. The second-order valence-electron chi connectivity index (χ2n) is 12.1. The zero-order valence-corrected chi connectivity index (χ0v) is 25.3. The van der Waals surface area contributed by atoms with Gasteiger partial charge in [0.05, 0.1) is 29.6 Å². The largest absolute Gasteiger partial charge is 0.444 e. The number of benzene rings is 1. The molecule has 6 atom stereocenters. The van der Waals surface area contributed by atoms with Crippen molar-refractivity contribution < 1.29 is 34.4 Å². The quantitative estimate of drug-likeness (QED) is 0.438. The van der Waals surface area contributed by atoms with Crippen LogP contribution >= 0.6 is 23.2 Å². The molecular formula is C28H37Cl2N5O7. The fraction of sp³-hybridized carbons (Fsp3) is 0.643. The van der Waals surface area contributed by atoms with Crippen molar-refractivity contribution in [2.45, 2.75) is 88.6 Å². The third kappa shape index (κ3) is 6.84. The third-order valence-electron chi connectivity index (χ3n) is 7.88. The number of aliphatic hydroxyl groups excluding tert-OH is 3. The number of halogens is 2. The van der Waals surface area contributed by atoms with Gasteiger partial charge in [0.15, 0.2) is 0 Å². The Morgan fingerprint density at radius 1 is 1.14 bits per heavy atom. The van der Waals surface area contributed by atoms with Gasteiger partial charge in [-0.1, -0.05) is 33.6 Å². The molecule has 1 aromatic heterocycles. The Morgan fingerprint density at radius 3 is 2.55 bits per heavy atom. The maximum atomic E-state index is 12.4. The molecule has 3 aliphatic heterocycles. The highest BCUT2D eigenvalue weighted by atomic mass is 35.5. The van der Waals surface area contributed by atoms with Crippen LogP contribution in [0.5, 0.6) is 0 Å². The van der Waals surface area contributed by atoms with Crippen LogP contribution in [0.4, 0.5) is 4.79 Å². The smallest absolute Gasteiger partial charge is 0.410 e. The van der Waals surface area contributed by atoms with Crippen LogP contribution < -0.4 is 0 Å². The highest BCUT2D eigenvalue weighted by Crippen LogP contribution is 2.36. The van der Waals surface area contributed by atoms with E-state index < -0.39 is 42.7 Å². The lowest BCUT2D eigenvalue weighted by atomic mass is 9.86. The van der Waals surface area contributed by atoms with Crippen molar-refractivity contribution in [3.05, 3.63) is 34.4 Å². The first-order chi connectivity index (χ1) is 19.9. The van der Waals surface area contributed by atoms with Gasteiger partial charge < -0.3 is 34.5 Å². The number of ether oxygens (including phenoxy) is 2. The molecule has 3 N–H and O–H groups in total. The Hall–Kier alpha value is -2.48. The molecular weight excluding hydrogens is 589 g/mol. The number of carbonyl (C=O) groups excluding carboxylic acids is 1. The minimum Gasteiger partial charge on any atom is -0.444 e. The number of piperidine rings is 1. The van der Waals surface area contributed by atoms with Crippen LogP contribution in [0.25, 0.3) is 11.3 Å². The molecule has 230 valence electrons. The van der Waals surface area contributed by atoms with Crippen molar-refractivity contribution in [1.82, 2.24) is 19.9 Å². The number of nitrogens with zero attached hydrogens (tertiary/aromatic N) is 5. The Bertz CT molecular complexity index is 1290. The second-order valence-corrected chi connectivity index (χ2v) is 12.9. The summed E-state index contributed by atoms with van der Waals surface area (Å²) in [5.74, 6) is 0.178. The van der Waals surface area contributed by atoms with Crippen molar-refractivity contribution in [1.29, 1.82) is 0 Å². The van der Waals surface area contributed by atoms with Crippen LogP contribution in [-0.2, 0) is 14.3 Å². The number of hydrogen-bond acceptors (Lipinski definition) is 10. The van der Waals surface area contributed by atoms with E-state index in [1.54, 1.807) is 29.3 Å². The van der Waals surface area contributed by atoms with Gasteiger partial charge in [-0.25, -0.2) is 9.48 Å². The highest BCUT2D eigenvalue weighted by Gasteiger charge is 2.47. The summed E-state index contributed by atoms with van der Waals surface area (Å²) in [6.45, 7) is 6.24. The summed E-state index contributed by atoms with van der Waals surface area (Å²) in [7, 11) is 0. The van der Waals surface area contributed by atoms with Crippen molar-refractivity contribution in [3.8, 4) is 11.3 Å². The average Bonchev–Trinajstić information content (AvgIpc) is 3.61. The minimum atomic E-state index is -1.25. The Labute approximate surface area is 254 Å². The summed E-state index contributed by atoms with van der Waals surface area (Å²) in [6.07, 6.45) is -0.903. The maximum absolute atomic E-state index is 12.4. The third-order valence-corrected chi connectivity index (χ3v) is 8.44. The van der Waals surface area contributed by atoms with Crippen molar-refractivity contribution in [2.75, 3.05) is 19.7 Å². The van der Waals surface area contributed by atoms with Gasteiger partial charge in [-0.3, -0.25) is 0 Å². The first kappa shape index (κ1) is 31.0. The number of rotatable bonds is 6. The first-order valence-corrected chi connectivity index (χ1v) is 14.9. The molecule has 2 aromatic rings. The zero-order chi connectivity index (χ0) is 30.2. The van der Waals surface area contributed by atoms with E-state index in [2.05, 4.69) is 15.5 Å². The summed E-state index contributed by atoms with van der Waals surface area (Å²) in [4.78, 5) is 19.9. The van der Waals surface area contributed by atoms with E-state index in [1.165, 1.54) is 4.68 Å². The van der Waals surface area contributed by atoms with Gasteiger partial charge >= 0.3 is 6.09 Å². The van der Waals surface area contributed by atoms with E-state index in [-0.39, 0.29) is 24.5 Å². The Morgan fingerprint density at radius 2 is 1.86 bits per heavy atom. The fourth-order valence-electron chi connectivity index (χ4n) is 5.72. The van der Waals surface area contributed by atoms with Crippen molar-refractivity contribution >= 4 is 35.0 Å². The maximum Gasteiger partial charge on any atom is 0.410 e. The minimum absolute atomic E-state index is 0.178. The molecule has 2 fully saturated rings. The van der Waals surface area contributed by atoms with Crippen molar-refractivity contribution in [2.24, 2.45) is 11.1 Å². The van der Waals surface area contributed by atoms with Crippen LogP contribution in [0, 0.1) is 5.92 Å². The monoisotopic (exact) mass is 625 g/mol. The van der Waals surface area contributed by atoms with E-state index in [0.29, 0.717) is 40.8 Å². The Balaban J connectivity index is 1.21. The topological polar surface area (TPSA) is 152 Å². The highest BCUT2D eigenvalue weighted by molar-refractivity contribution is 6.35. The molecule has 0 radical (unpaired) electrons. The molecule has 12 nitrogen and oxygen atoms in total. The number of likely N-dealkylation sites (tertiary alicyclic amines) is 1. The fourth-order valence-corrected chi connectivity index (χ4v) is 6.11. The first-order valence-electron chi connectivity index (χ1n) is 14.1. The molecule has 0 bridgehead atoms. The molecule has 0 saturated carbocycles. The number of aliphatic hydroxyl groups is 3. The van der Waals surface area contributed by atoms with Crippen molar-refractivity contribution in [3.63, 3.8) is 0 Å². The molecule has 0 spiro atoms. The van der Waals surface area contributed by atoms with E-state index >= 15 is 0 Å². The molecule has 0 aliphatic carbocycles. The molecule has 3 aliphatic rings. The Kier molecular flexibility index (Phi) is 9.31. The molecule has 4 heterocycles. The summed E-state index contributed by atoms with van der Waals surface area (Å²) in [5, 5.41) is 45.8. The number of aromatic nitrogens is 3. The number of amides is 1. The molecule has 42 heavy (non-hydrogen) atoms. The van der Waals surface area contributed by atoms with E-state index in [1.807, 2.05) is 20.8 Å². The molecule has 1 amide bonds. The molecule has 1 aromatic carbocycles. The van der Waals surface area contributed by atoms with Gasteiger partial charge in [-0.2, -0.15) is 0 Å². The normalized spacial score (nSPS) is 28.9. The lowest BCUT2D eigenvalue weighted by molar-refractivity contribution is -0.212. The van der Waals surface area contributed by atoms with Crippen LogP contribution in [0.2, 0.25) is 10.0 Å². The predicted molar refractivity (Wildman–Crippen MR) is 154 cm³/mol. The second kappa shape index (κ2) is 12.6. The number of oxime groups is 1. The van der Waals surface area contributed by atoms with Gasteiger partial charge in [0, 0.05) is 42.4 Å². The van der Waals surface area contributed by atoms with Gasteiger partial charge in [-0.05, 0) is 51.8 Å². The van der Waals surface area contributed by atoms with Crippen LogP contribution in [0.1, 0.15) is 52.5 Å². The van der Waals surface area contributed by atoms with E-state index in [0.717, 1.165) is 18.6 Å². The van der Waals surface area contributed by atoms with Gasteiger partial charge in [0.2, 0.25) is 0 Å². The summed E-state index contributed by atoms with van der Waals surface area (Å²) in [6, 6.07) is 4.02. The molecule has 5 rings (SSSR count). The summed E-state index contributed by atoms with van der Waals surface area (Å²) < 4.78 is 12.8. The number of carbonyl (C=O) groups is 1. The lowest BCUT2D eigenvalue weighted by Crippen LogP contribution is -2.56.